The van der Waals surface area contributed by atoms with Crippen molar-refractivity contribution in [3.05, 3.63) is 20.8 Å². The highest BCUT2D eigenvalue weighted by atomic mass is 16.4. The van der Waals surface area contributed by atoms with Crippen LogP contribution in [-0.2, 0) is 23.7 Å². The molecule has 0 saturated carbocycles. The molecule has 2 aromatic heterocycles. The number of nitrogens with zero attached hydrogens (tertiary/aromatic N) is 4. The maximum Gasteiger partial charge on any atom is 0.395 e. The van der Waals surface area contributed by atoms with Gasteiger partial charge in [-0.3, -0.25) is 23.6 Å². The lowest BCUT2D eigenvalue weighted by molar-refractivity contribution is -0.149. The third kappa shape index (κ3) is 2.18. The van der Waals surface area contributed by atoms with Gasteiger partial charge >= 0.3 is 17.6 Å². The fourth-order valence-electron chi connectivity index (χ4n) is 2.11. The monoisotopic (exact) mass is 309 g/mol. The molecule has 0 radical (unpaired) electrons. The number of anilines is 1. The number of nitrogens with one attached hydrogen (secondary N) is 1. The summed E-state index contributed by atoms with van der Waals surface area (Å²) < 4.78 is 2.03. The van der Waals surface area contributed by atoms with Crippen LogP contribution in [0.2, 0.25) is 0 Å². The number of carbonyl (C=O) groups is 2. The van der Waals surface area contributed by atoms with E-state index in [1.807, 2.05) is 0 Å². The molecule has 10 nitrogen and oxygen atoms in total. The number of hydrogen-bond acceptors (Lipinski definition) is 5. The second kappa shape index (κ2) is 5.13. The van der Waals surface area contributed by atoms with E-state index in [1.165, 1.54) is 14.1 Å². The molecule has 0 saturated heterocycles. The molecule has 0 spiro atoms. The molecule has 2 aromatic rings. The van der Waals surface area contributed by atoms with Crippen molar-refractivity contribution < 1.29 is 14.7 Å². The van der Waals surface area contributed by atoms with Gasteiger partial charge in [0.15, 0.2) is 11.2 Å². The van der Waals surface area contributed by atoms with Crippen molar-refractivity contribution in [1.82, 2.24) is 19.1 Å². The van der Waals surface area contributed by atoms with E-state index in [1.54, 1.807) is 13.8 Å². The Hall–Kier alpha value is -2.91. The van der Waals surface area contributed by atoms with Crippen LogP contribution in [0.3, 0.4) is 0 Å². The summed E-state index contributed by atoms with van der Waals surface area (Å²) in [6.45, 7) is 3.20. The van der Waals surface area contributed by atoms with Crippen molar-refractivity contribution in [2.45, 2.75) is 19.9 Å². The maximum absolute atomic E-state index is 12.1. The van der Waals surface area contributed by atoms with Gasteiger partial charge in [0, 0.05) is 20.1 Å². The molecule has 2 rings (SSSR count). The van der Waals surface area contributed by atoms with Gasteiger partial charge in [-0.25, -0.2) is 9.59 Å². The summed E-state index contributed by atoms with van der Waals surface area (Å²) in [4.78, 5) is 54.2. The summed E-state index contributed by atoms with van der Waals surface area (Å²) in [6, 6.07) is -0.509. The number of aliphatic carboxylic acids is 1. The van der Waals surface area contributed by atoms with Crippen molar-refractivity contribution in [3.63, 3.8) is 0 Å². The lowest BCUT2D eigenvalue weighted by Crippen LogP contribution is -2.42. The van der Waals surface area contributed by atoms with E-state index in [-0.39, 0.29) is 17.1 Å². The number of fused-ring (bicyclic) bond motifs is 1. The normalized spacial score (nSPS) is 11.1. The molecule has 118 valence electrons. The Bertz CT molecular complexity index is 888. The number of carbonyl (C=O) groups excluding carboxylic acids is 1. The summed E-state index contributed by atoms with van der Waals surface area (Å²) in [5.74, 6) is -2.93. The quantitative estimate of drug-likeness (QED) is 0.669. The molecule has 0 atom stereocenters. The fourth-order valence-corrected chi connectivity index (χ4v) is 2.11. The van der Waals surface area contributed by atoms with Gasteiger partial charge in [-0.1, -0.05) is 0 Å². The number of H-pyrrole nitrogens is 1. The van der Waals surface area contributed by atoms with Gasteiger partial charge in [0.05, 0.1) is 0 Å². The molecule has 0 aromatic carbocycles. The van der Waals surface area contributed by atoms with Gasteiger partial charge in [0.25, 0.3) is 5.56 Å². The molecule has 22 heavy (non-hydrogen) atoms. The number of carboxylic acid groups (broad SMARTS) is 1. The van der Waals surface area contributed by atoms with Crippen molar-refractivity contribution in [3.8, 4) is 0 Å². The third-order valence-electron chi connectivity index (χ3n) is 3.23. The zero-order chi connectivity index (χ0) is 16.8. The van der Waals surface area contributed by atoms with Crippen LogP contribution in [0.15, 0.2) is 9.59 Å². The van der Waals surface area contributed by atoms with Gasteiger partial charge in [0.1, 0.15) is 0 Å². The highest BCUT2D eigenvalue weighted by Crippen LogP contribution is 2.16. The number of aromatic nitrogens is 4. The highest BCUT2D eigenvalue weighted by molar-refractivity contribution is 6.37. The number of rotatable bonds is 2. The van der Waals surface area contributed by atoms with Gasteiger partial charge in [-0.15, -0.1) is 0 Å². The van der Waals surface area contributed by atoms with Crippen LogP contribution in [-0.4, -0.2) is 42.1 Å². The van der Waals surface area contributed by atoms with Crippen LogP contribution in [0.1, 0.15) is 13.8 Å². The number of aromatic amines is 1. The average Bonchev–Trinajstić information content (AvgIpc) is 2.87. The molecule has 2 heterocycles. The molecule has 0 bridgehead atoms. The first-order valence-corrected chi connectivity index (χ1v) is 6.39. The smallest absolute Gasteiger partial charge is 0.395 e. The largest absolute Gasteiger partial charge is 0.474 e. The van der Waals surface area contributed by atoms with Crippen molar-refractivity contribution in [2.75, 3.05) is 4.90 Å². The lowest BCUT2D eigenvalue weighted by Gasteiger charge is -2.21. The Balaban J connectivity index is 2.77. The average molecular weight is 309 g/mol. The molecule has 0 aliphatic carbocycles. The Labute approximate surface area is 123 Å². The summed E-state index contributed by atoms with van der Waals surface area (Å²) >= 11 is 0. The Morgan fingerprint density at radius 2 is 1.82 bits per heavy atom. The number of amides is 1. The summed E-state index contributed by atoms with van der Waals surface area (Å²) in [5.41, 5.74) is -1.12. The molecular weight excluding hydrogens is 294 g/mol. The van der Waals surface area contributed by atoms with E-state index >= 15 is 0 Å². The van der Waals surface area contributed by atoms with Crippen LogP contribution >= 0.6 is 0 Å². The first-order valence-electron chi connectivity index (χ1n) is 6.39. The van der Waals surface area contributed by atoms with Crippen LogP contribution < -0.4 is 16.1 Å². The van der Waals surface area contributed by atoms with E-state index in [9.17, 15) is 19.2 Å². The minimum absolute atomic E-state index is 0.0171. The molecule has 0 aliphatic rings. The van der Waals surface area contributed by atoms with E-state index in [0.29, 0.717) is 0 Å². The topological polar surface area (TPSA) is 130 Å². The second-order valence-corrected chi connectivity index (χ2v) is 5.04. The standard InChI is InChI=1S/C12H15N5O5/c1-5(2)17(9(19)10(20)21)11-13-6-7(14-11)15(3)12(22)16(4)8(6)18/h5H,1-4H3,(H,13,14)(H,20,21). The fraction of sp³-hybridized carbons (Fsp3) is 0.417. The number of hydrogen-bond donors (Lipinski definition) is 2. The number of carboxylic acids is 1. The Kier molecular flexibility index (Phi) is 3.61. The van der Waals surface area contributed by atoms with Crippen molar-refractivity contribution in [2.24, 2.45) is 14.1 Å². The third-order valence-corrected chi connectivity index (χ3v) is 3.23. The first-order chi connectivity index (χ1) is 10.2. The first kappa shape index (κ1) is 15.5. The Morgan fingerprint density at radius 1 is 1.23 bits per heavy atom. The predicted molar refractivity (Wildman–Crippen MR) is 76.8 cm³/mol. The SMILES string of the molecule is CC(C)N(C(=O)C(=O)O)c1nc2c([nH]1)c(=O)n(C)c(=O)n2C. The summed E-state index contributed by atoms with van der Waals surface area (Å²) in [6.07, 6.45) is 0. The Morgan fingerprint density at radius 3 is 2.32 bits per heavy atom. The molecular formula is C12H15N5O5. The van der Waals surface area contributed by atoms with E-state index < -0.39 is 29.2 Å². The van der Waals surface area contributed by atoms with Crippen LogP contribution in [0.5, 0.6) is 0 Å². The number of aryl methyl sites for hydroxylation is 1. The molecule has 10 heteroatoms. The van der Waals surface area contributed by atoms with Gasteiger partial charge in [-0.2, -0.15) is 4.98 Å². The van der Waals surface area contributed by atoms with Gasteiger partial charge in [-0.05, 0) is 13.8 Å². The minimum atomic E-state index is -1.64. The van der Waals surface area contributed by atoms with Gasteiger partial charge < -0.3 is 10.1 Å². The molecule has 1 amide bonds. The molecule has 0 unspecified atom stereocenters. The van der Waals surface area contributed by atoms with Crippen molar-refractivity contribution >= 4 is 29.0 Å². The molecule has 0 aliphatic heterocycles. The number of imidazole rings is 1. The molecule has 2 N–H and O–H groups in total. The van der Waals surface area contributed by atoms with E-state index in [0.717, 1.165) is 14.0 Å². The van der Waals surface area contributed by atoms with Crippen LogP contribution in [0.25, 0.3) is 11.2 Å². The lowest BCUT2D eigenvalue weighted by atomic mass is 10.3. The van der Waals surface area contributed by atoms with Crippen LogP contribution in [0.4, 0.5) is 5.95 Å². The van der Waals surface area contributed by atoms with Gasteiger partial charge in [0.2, 0.25) is 5.95 Å². The molecule has 0 fully saturated rings. The second-order valence-electron chi connectivity index (χ2n) is 5.04. The maximum atomic E-state index is 12.1. The predicted octanol–water partition coefficient (Wildman–Crippen LogP) is -1.21. The minimum Gasteiger partial charge on any atom is -0.474 e. The van der Waals surface area contributed by atoms with Crippen LogP contribution in [0, 0.1) is 0 Å². The van der Waals surface area contributed by atoms with E-state index in [4.69, 9.17) is 5.11 Å². The van der Waals surface area contributed by atoms with E-state index in [2.05, 4.69) is 9.97 Å². The summed E-state index contributed by atoms with van der Waals surface area (Å²) in [7, 11) is 2.74. The summed E-state index contributed by atoms with van der Waals surface area (Å²) in [5, 5.41) is 8.88. The highest BCUT2D eigenvalue weighted by Gasteiger charge is 2.28. The van der Waals surface area contributed by atoms with Crippen molar-refractivity contribution in [1.29, 1.82) is 0 Å². The zero-order valence-electron chi connectivity index (χ0n) is 12.4. The zero-order valence-corrected chi connectivity index (χ0v) is 12.4.